The second-order valence-electron chi connectivity index (χ2n) is 11.6. The number of hydrogen-bond donors (Lipinski definition) is 2. The van der Waals surface area contributed by atoms with Crippen molar-refractivity contribution in [3.8, 4) is 11.5 Å². The van der Waals surface area contributed by atoms with Crippen LogP contribution in [-0.4, -0.2) is 84.9 Å². The monoisotopic (exact) mass is 699 g/mol. The predicted molar refractivity (Wildman–Crippen MR) is 173 cm³/mol. The van der Waals surface area contributed by atoms with Crippen molar-refractivity contribution < 1.29 is 46.8 Å². The molecule has 50 heavy (non-hydrogen) atoms. The molecule has 266 valence electrons. The number of ether oxygens (including phenoxy) is 5. The van der Waals surface area contributed by atoms with Crippen molar-refractivity contribution in [3.05, 3.63) is 128 Å². The Morgan fingerprint density at radius 3 is 1.94 bits per heavy atom. The molecule has 0 radical (unpaired) electrons. The lowest BCUT2D eigenvalue weighted by atomic mass is 9.80. The van der Waals surface area contributed by atoms with Gasteiger partial charge in [0.2, 0.25) is 0 Å². The van der Waals surface area contributed by atoms with Crippen LogP contribution in [0.5, 0.6) is 11.5 Å². The Morgan fingerprint density at radius 1 is 0.900 bits per heavy atom. The van der Waals surface area contributed by atoms with Gasteiger partial charge in [0.1, 0.15) is 35.4 Å². The van der Waals surface area contributed by atoms with Crippen molar-refractivity contribution >= 4 is 5.91 Å². The minimum atomic E-state index is -5.17. The molecule has 0 bridgehead atoms. The zero-order valence-corrected chi connectivity index (χ0v) is 27.5. The van der Waals surface area contributed by atoms with Crippen molar-refractivity contribution in [2.24, 2.45) is 0 Å². The number of nitrogens with one attached hydrogen (secondary N) is 1. The summed E-state index contributed by atoms with van der Waals surface area (Å²) in [6.07, 6.45) is -9.19. The van der Waals surface area contributed by atoms with Crippen LogP contribution >= 0.6 is 0 Å². The molecule has 0 spiro atoms. The average Bonchev–Trinajstić information content (AvgIpc) is 3.44. The molecular weight excluding hydrogens is 663 g/mol. The molecule has 12 nitrogen and oxygen atoms in total. The molecule has 4 atom stereocenters. The second-order valence-corrected chi connectivity index (χ2v) is 11.6. The molecule has 1 amide bonds. The van der Waals surface area contributed by atoms with E-state index < -0.39 is 60.0 Å². The van der Waals surface area contributed by atoms with Crippen LogP contribution in [0.1, 0.15) is 28.5 Å². The van der Waals surface area contributed by atoms with E-state index in [2.05, 4.69) is 0 Å². The lowest BCUT2D eigenvalue weighted by Crippen LogP contribution is -2.42. The number of hydrogen-bond acceptors (Lipinski definition) is 9. The Balaban J connectivity index is 1.52. The van der Waals surface area contributed by atoms with Gasteiger partial charge in [-0.3, -0.25) is 19.1 Å². The molecular formula is C35H36F3N3O9. The summed E-state index contributed by atoms with van der Waals surface area (Å²) in [7, 11) is 5.26. The molecule has 4 aromatic rings. The van der Waals surface area contributed by atoms with Crippen LogP contribution in [0.25, 0.3) is 0 Å². The number of aromatic amines is 1. The first-order chi connectivity index (χ1) is 23.8. The van der Waals surface area contributed by atoms with Crippen LogP contribution in [0.15, 0.2) is 94.6 Å². The zero-order valence-electron chi connectivity index (χ0n) is 27.5. The van der Waals surface area contributed by atoms with Gasteiger partial charge >= 0.3 is 17.8 Å². The Hall–Kier alpha value is -4.96. The van der Waals surface area contributed by atoms with Crippen molar-refractivity contribution in [1.29, 1.82) is 0 Å². The predicted octanol–water partition coefficient (Wildman–Crippen LogP) is 3.36. The van der Waals surface area contributed by atoms with E-state index in [1.807, 2.05) is 59.6 Å². The molecule has 0 unspecified atom stereocenters. The summed E-state index contributed by atoms with van der Waals surface area (Å²) < 4.78 is 69.2. The number of rotatable bonds is 12. The smallest absolute Gasteiger partial charge is 0.471 e. The maximum atomic E-state index is 13.0. The second kappa shape index (κ2) is 14.9. The molecule has 2 heterocycles. The van der Waals surface area contributed by atoms with E-state index in [0.717, 1.165) is 23.4 Å². The third-order valence-electron chi connectivity index (χ3n) is 8.53. The Morgan fingerprint density at radius 2 is 1.44 bits per heavy atom. The van der Waals surface area contributed by atoms with Crippen LogP contribution in [0.3, 0.4) is 0 Å². The quantitative estimate of drug-likeness (QED) is 0.213. The zero-order chi connectivity index (χ0) is 36.2. The number of H-pyrrole nitrogens is 1. The first-order valence-corrected chi connectivity index (χ1v) is 15.4. The number of halogens is 3. The number of aliphatic hydroxyl groups is 1. The molecule has 5 rings (SSSR count). The molecule has 2 N–H and O–H groups in total. The molecule has 3 aromatic carbocycles. The number of amides is 1. The molecule has 1 aliphatic heterocycles. The van der Waals surface area contributed by atoms with E-state index in [9.17, 15) is 32.7 Å². The number of alkyl halides is 3. The van der Waals surface area contributed by atoms with Gasteiger partial charge in [-0.1, -0.05) is 54.6 Å². The Labute approximate surface area is 284 Å². The summed E-state index contributed by atoms with van der Waals surface area (Å²) in [6, 6.07) is 23.9. The number of methoxy groups -OCH3 is 3. The van der Waals surface area contributed by atoms with Gasteiger partial charge < -0.3 is 33.7 Å². The molecule has 1 aromatic heterocycles. The van der Waals surface area contributed by atoms with E-state index >= 15 is 0 Å². The number of carbonyl (C=O) groups excluding carboxylic acids is 1. The summed E-state index contributed by atoms with van der Waals surface area (Å²) in [5.41, 5.74) is -1.42. The SMILES string of the molecule is COc1ccc(C(OC[C@H]2O[C@@H](n3cc(CN(C)C(=O)C(F)(F)F)c(=O)[nH]c3=O)[C@H](OC)[C@@H]2O)(c2ccccc2)c2ccc(OC)cc2)cc1. The van der Waals surface area contributed by atoms with Crippen molar-refractivity contribution in [1.82, 2.24) is 14.5 Å². The van der Waals surface area contributed by atoms with Crippen molar-refractivity contribution in [3.63, 3.8) is 0 Å². The van der Waals surface area contributed by atoms with E-state index in [1.54, 1.807) is 38.5 Å². The van der Waals surface area contributed by atoms with Gasteiger partial charge in [-0.15, -0.1) is 0 Å². The van der Waals surface area contributed by atoms with E-state index in [4.69, 9.17) is 23.7 Å². The van der Waals surface area contributed by atoms with Gasteiger partial charge in [-0.05, 0) is 41.0 Å². The number of aliphatic hydroxyl groups excluding tert-OH is 1. The number of carbonyl (C=O) groups is 1. The molecule has 0 aliphatic carbocycles. The molecule has 1 aliphatic rings. The minimum absolute atomic E-state index is 0.252. The van der Waals surface area contributed by atoms with Crippen LogP contribution in [-0.2, 0) is 31.2 Å². The molecule has 15 heteroatoms. The number of nitrogens with zero attached hydrogens (tertiary/aromatic N) is 2. The Kier molecular flexibility index (Phi) is 10.8. The molecule has 1 saturated heterocycles. The summed E-state index contributed by atoms with van der Waals surface area (Å²) >= 11 is 0. The van der Waals surface area contributed by atoms with Crippen LogP contribution in [0.4, 0.5) is 13.2 Å². The summed E-state index contributed by atoms with van der Waals surface area (Å²) in [6.45, 7) is -1.02. The standard InChI is InChI=1S/C35H36F3N3O9/c1-40(32(44)35(36,37)38)18-21-19-41(33(45)39-30(21)43)31-29(48-4)28(42)27(50-31)20-49-34(22-8-6-5-7-9-22,23-10-14-25(46-2)15-11-23)24-12-16-26(47-3)17-13-24/h5-17,19,27-29,31,42H,18,20H2,1-4H3,(H,39,43,45)/t27-,28-,29-,31-/m1/s1. The van der Waals surface area contributed by atoms with Crippen molar-refractivity contribution in [2.45, 2.75) is 42.9 Å². The maximum absolute atomic E-state index is 13.0. The van der Waals surface area contributed by atoms with E-state index in [1.165, 1.54) is 7.11 Å². The van der Waals surface area contributed by atoms with Gasteiger partial charge in [-0.25, -0.2) is 4.79 Å². The molecule has 1 fully saturated rings. The third-order valence-corrected chi connectivity index (χ3v) is 8.53. The van der Waals surface area contributed by atoms with Gasteiger partial charge in [0, 0.05) is 20.4 Å². The average molecular weight is 700 g/mol. The maximum Gasteiger partial charge on any atom is 0.471 e. The van der Waals surface area contributed by atoms with Gasteiger partial charge in [-0.2, -0.15) is 13.2 Å². The summed E-state index contributed by atoms with van der Waals surface area (Å²) in [5, 5.41) is 11.4. The van der Waals surface area contributed by atoms with Gasteiger partial charge in [0.05, 0.1) is 32.9 Å². The normalized spacial score (nSPS) is 19.3. The highest BCUT2D eigenvalue weighted by Gasteiger charge is 2.48. The first-order valence-electron chi connectivity index (χ1n) is 15.4. The minimum Gasteiger partial charge on any atom is -0.497 e. The highest BCUT2D eigenvalue weighted by Crippen LogP contribution is 2.43. The highest BCUT2D eigenvalue weighted by atomic mass is 19.4. The third kappa shape index (κ3) is 7.16. The van der Waals surface area contributed by atoms with E-state index in [-0.39, 0.29) is 12.2 Å². The summed E-state index contributed by atoms with van der Waals surface area (Å²) in [4.78, 5) is 39.6. The van der Waals surface area contributed by atoms with Gasteiger partial charge in [0.15, 0.2) is 6.23 Å². The lowest BCUT2D eigenvalue weighted by Gasteiger charge is -2.37. The van der Waals surface area contributed by atoms with Crippen LogP contribution in [0.2, 0.25) is 0 Å². The number of benzene rings is 3. The topological polar surface area (TPSA) is 142 Å². The highest BCUT2D eigenvalue weighted by molar-refractivity contribution is 5.81. The summed E-state index contributed by atoms with van der Waals surface area (Å²) in [5.74, 6) is -0.944. The fourth-order valence-electron chi connectivity index (χ4n) is 5.99. The largest absolute Gasteiger partial charge is 0.497 e. The number of aromatic nitrogens is 2. The molecule has 0 saturated carbocycles. The van der Waals surface area contributed by atoms with Crippen LogP contribution in [0, 0.1) is 0 Å². The lowest BCUT2D eigenvalue weighted by molar-refractivity contribution is -0.184. The fraction of sp³-hybridized carbons (Fsp3) is 0.343. The first kappa shape index (κ1) is 36.3. The van der Waals surface area contributed by atoms with Gasteiger partial charge in [0.25, 0.3) is 5.56 Å². The fourth-order valence-corrected chi connectivity index (χ4v) is 5.99. The van der Waals surface area contributed by atoms with E-state index in [0.29, 0.717) is 27.5 Å². The van der Waals surface area contributed by atoms with Crippen molar-refractivity contribution in [2.75, 3.05) is 35.0 Å². The van der Waals surface area contributed by atoms with Crippen LogP contribution < -0.4 is 20.7 Å². The Bertz CT molecular complexity index is 1830.